The van der Waals surface area contributed by atoms with Gasteiger partial charge in [0.2, 0.25) is 0 Å². The molecule has 23 heavy (non-hydrogen) atoms. The fourth-order valence-corrected chi connectivity index (χ4v) is 3.15. The second kappa shape index (κ2) is 5.41. The molecule has 1 aliphatic heterocycles. The molecule has 5 nitrogen and oxygen atoms in total. The Balaban J connectivity index is 1.87. The third-order valence-electron chi connectivity index (χ3n) is 4.36. The SMILES string of the molecule is N#Cc1c(C2CCOC2)cc(-c2cc3ccccn3c2)nc1N. The van der Waals surface area contributed by atoms with E-state index in [1.165, 1.54) is 0 Å². The predicted molar refractivity (Wildman–Crippen MR) is 87.9 cm³/mol. The summed E-state index contributed by atoms with van der Waals surface area (Å²) in [6.45, 7) is 1.36. The van der Waals surface area contributed by atoms with E-state index >= 15 is 0 Å². The molecule has 0 aromatic carbocycles. The van der Waals surface area contributed by atoms with Crippen LogP contribution in [0.1, 0.15) is 23.5 Å². The van der Waals surface area contributed by atoms with Gasteiger partial charge in [0.05, 0.1) is 17.9 Å². The van der Waals surface area contributed by atoms with E-state index in [4.69, 9.17) is 10.5 Å². The van der Waals surface area contributed by atoms with E-state index in [2.05, 4.69) is 17.1 Å². The quantitative estimate of drug-likeness (QED) is 0.789. The second-order valence-corrected chi connectivity index (χ2v) is 5.79. The third-order valence-corrected chi connectivity index (χ3v) is 4.36. The number of anilines is 1. The van der Waals surface area contributed by atoms with Crippen LogP contribution in [0.15, 0.2) is 42.7 Å². The minimum Gasteiger partial charge on any atom is -0.383 e. The van der Waals surface area contributed by atoms with Crippen LogP contribution in [0.25, 0.3) is 16.8 Å². The standard InChI is InChI=1S/C18H16N4O/c19-9-16-15(12-4-6-23-11-12)8-17(21-18(16)20)13-7-14-3-1-2-5-22(14)10-13/h1-3,5,7-8,10,12H,4,6,11H2,(H2,20,21). The van der Waals surface area contributed by atoms with Crippen LogP contribution in [0.4, 0.5) is 5.82 Å². The van der Waals surface area contributed by atoms with Gasteiger partial charge in [0.15, 0.2) is 0 Å². The van der Waals surface area contributed by atoms with Crippen molar-refractivity contribution in [2.75, 3.05) is 18.9 Å². The molecule has 114 valence electrons. The molecule has 0 aliphatic carbocycles. The molecule has 1 unspecified atom stereocenters. The first-order valence-electron chi connectivity index (χ1n) is 7.61. The maximum atomic E-state index is 9.42. The van der Waals surface area contributed by atoms with Crippen LogP contribution in [0.2, 0.25) is 0 Å². The van der Waals surface area contributed by atoms with Crippen LogP contribution in [-0.2, 0) is 4.74 Å². The lowest BCUT2D eigenvalue weighted by Crippen LogP contribution is -2.06. The normalized spacial score (nSPS) is 17.4. The number of hydrogen-bond donors (Lipinski definition) is 1. The summed E-state index contributed by atoms with van der Waals surface area (Å²) in [5.74, 6) is 0.507. The van der Waals surface area contributed by atoms with Crippen molar-refractivity contribution in [1.82, 2.24) is 9.38 Å². The summed E-state index contributed by atoms with van der Waals surface area (Å²) in [5, 5.41) is 9.42. The summed E-state index contributed by atoms with van der Waals surface area (Å²) >= 11 is 0. The number of fused-ring (bicyclic) bond motifs is 1. The van der Waals surface area contributed by atoms with Crippen molar-refractivity contribution in [2.24, 2.45) is 0 Å². The third kappa shape index (κ3) is 2.33. The number of hydrogen-bond acceptors (Lipinski definition) is 4. The molecule has 5 heteroatoms. The summed E-state index contributed by atoms with van der Waals surface area (Å²) in [6, 6.07) is 12.3. The van der Waals surface area contributed by atoms with Crippen molar-refractivity contribution in [3.63, 3.8) is 0 Å². The van der Waals surface area contributed by atoms with E-state index in [0.29, 0.717) is 18.0 Å². The first kappa shape index (κ1) is 13.8. The van der Waals surface area contributed by atoms with Gasteiger partial charge >= 0.3 is 0 Å². The highest BCUT2D eigenvalue weighted by atomic mass is 16.5. The maximum Gasteiger partial charge on any atom is 0.142 e. The van der Waals surface area contributed by atoms with Crippen molar-refractivity contribution < 1.29 is 4.74 Å². The Kier molecular flexibility index (Phi) is 3.25. The Morgan fingerprint density at radius 1 is 1.35 bits per heavy atom. The largest absolute Gasteiger partial charge is 0.383 e. The zero-order valence-corrected chi connectivity index (χ0v) is 12.6. The zero-order chi connectivity index (χ0) is 15.8. The van der Waals surface area contributed by atoms with Gasteiger partial charge in [0.25, 0.3) is 0 Å². The van der Waals surface area contributed by atoms with Crippen molar-refractivity contribution in [3.05, 3.63) is 53.9 Å². The van der Waals surface area contributed by atoms with Crippen molar-refractivity contribution >= 4 is 11.3 Å². The van der Waals surface area contributed by atoms with E-state index in [0.717, 1.165) is 35.4 Å². The number of nitrogens with two attached hydrogens (primary N) is 1. The van der Waals surface area contributed by atoms with E-state index in [1.807, 2.05) is 41.1 Å². The molecule has 4 heterocycles. The summed E-state index contributed by atoms with van der Waals surface area (Å²) in [7, 11) is 0. The molecule has 0 saturated carbocycles. The van der Waals surface area contributed by atoms with Gasteiger partial charge in [-0.15, -0.1) is 0 Å². The molecule has 3 aromatic heterocycles. The fourth-order valence-electron chi connectivity index (χ4n) is 3.15. The number of nitriles is 1. The molecular formula is C18H16N4O. The average molecular weight is 304 g/mol. The molecule has 1 saturated heterocycles. The number of nitrogens with zero attached hydrogens (tertiary/aromatic N) is 3. The van der Waals surface area contributed by atoms with Crippen LogP contribution in [0, 0.1) is 11.3 Å². The van der Waals surface area contributed by atoms with Gasteiger partial charge < -0.3 is 14.9 Å². The minimum absolute atomic E-state index is 0.214. The number of ether oxygens (including phenoxy) is 1. The van der Waals surface area contributed by atoms with Crippen LogP contribution >= 0.6 is 0 Å². The number of nitrogen functional groups attached to an aromatic ring is 1. The van der Waals surface area contributed by atoms with Crippen LogP contribution in [0.5, 0.6) is 0 Å². The van der Waals surface area contributed by atoms with Gasteiger partial charge in [0.1, 0.15) is 11.9 Å². The molecule has 1 atom stereocenters. The Morgan fingerprint density at radius 3 is 3.00 bits per heavy atom. The summed E-state index contributed by atoms with van der Waals surface area (Å²) in [4.78, 5) is 4.44. The van der Waals surface area contributed by atoms with Crippen molar-refractivity contribution in [3.8, 4) is 17.3 Å². The monoisotopic (exact) mass is 304 g/mol. The van der Waals surface area contributed by atoms with Crippen molar-refractivity contribution in [1.29, 1.82) is 5.26 Å². The Hall–Kier alpha value is -2.84. The summed E-state index contributed by atoms with van der Waals surface area (Å²) < 4.78 is 7.52. The van der Waals surface area contributed by atoms with Crippen molar-refractivity contribution in [2.45, 2.75) is 12.3 Å². The predicted octanol–water partition coefficient (Wildman–Crippen LogP) is 2.96. The second-order valence-electron chi connectivity index (χ2n) is 5.79. The highest BCUT2D eigenvalue weighted by molar-refractivity contribution is 5.71. The Morgan fingerprint density at radius 2 is 2.26 bits per heavy atom. The number of aromatic nitrogens is 2. The molecule has 4 rings (SSSR count). The molecule has 0 spiro atoms. The summed E-state index contributed by atoms with van der Waals surface area (Å²) in [6.07, 6.45) is 4.94. The molecule has 1 aliphatic rings. The van der Waals surface area contributed by atoms with Gasteiger partial charge in [-0.05, 0) is 36.2 Å². The maximum absolute atomic E-state index is 9.42. The average Bonchev–Trinajstić information content (AvgIpc) is 3.23. The lowest BCUT2D eigenvalue weighted by Gasteiger charge is -2.13. The van der Waals surface area contributed by atoms with Crippen LogP contribution in [0.3, 0.4) is 0 Å². The molecular weight excluding hydrogens is 288 g/mol. The smallest absolute Gasteiger partial charge is 0.142 e. The van der Waals surface area contributed by atoms with Crippen LogP contribution < -0.4 is 5.73 Å². The molecule has 2 N–H and O–H groups in total. The number of pyridine rings is 2. The van der Waals surface area contributed by atoms with E-state index in [-0.39, 0.29) is 5.92 Å². The Bertz CT molecular complexity index is 883. The van der Waals surface area contributed by atoms with Gasteiger partial charge in [-0.25, -0.2) is 4.98 Å². The van der Waals surface area contributed by atoms with E-state index < -0.39 is 0 Å². The Labute approximate surface area is 133 Å². The lowest BCUT2D eigenvalue weighted by atomic mass is 9.93. The summed E-state index contributed by atoms with van der Waals surface area (Å²) in [5.41, 5.74) is 10.4. The topological polar surface area (TPSA) is 76.3 Å². The van der Waals surface area contributed by atoms with Gasteiger partial charge in [-0.3, -0.25) is 0 Å². The highest BCUT2D eigenvalue weighted by Crippen LogP contribution is 2.33. The van der Waals surface area contributed by atoms with Gasteiger partial charge in [-0.2, -0.15) is 5.26 Å². The zero-order valence-electron chi connectivity index (χ0n) is 12.6. The minimum atomic E-state index is 0.214. The molecule has 3 aromatic rings. The molecule has 1 fully saturated rings. The van der Waals surface area contributed by atoms with Crippen LogP contribution in [-0.4, -0.2) is 22.6 Å². The fraction of sp³-hybridized carbons (Fsp3) is 0.222. The highest BCUT2D eigenvalue weighted by Gasteiger charge is 2.23. The van der Waals surface area contributed by atoms with Gasteiger partial charge in [-0.1, -0.05) is 6.07 Å². The molecule has 0 bridgehead atoms. The first-order valence-corrected chi connectivity index (χ1v) is 7.61. The first-order chi connectivity index (χ1) is 11.3. The lowest BCUT2D eigenvalue weighted by molar-refractivity contribution is 0.194. The molecule has 0 amide bonds. The molecule has 0 radical (unpaired) electrons. The van der Waals surface area contributed by atoms with Gasteiger partial charge in [0, 0.05) is 36.0 Å². The van der Waals surface area contributed by atoms with E-state index in [9.17, 15) is 5.26 Å². The van der Waals surface area contributed by atoms with E-state index in [1.54, 1.807) is 0 Å². The number of rotatable bonds is 2.